The maximum absolute atomic E-state index is 13.8. The monoisotopic (exact) mass is 485 g/mol. The number of benzene rings is 3. The summed E-state index contributed by atoms with van der Waals surface area (Å²) >= 11 is 0. The zero-order chi connectivity index (χ0) is 25.4. The van der Waals surface area contributed by atoms with E-state index in [4.69, 9.17) is 9.84 Å². The van der Waals surface area contributed by atoms with Gasteiger partial charge >= 0.3 is 12.1 Å². The van der Waals surface area contributed by atoms with E-state index >= 15 is 0 Å². The van der Waals surface area contributed by atoms with Crippen LogP contribution in [0, 0.1) is 0 Å². The van der Waals surface area contributed by atoms with Gasteiger partial charge in [-0.15, -0.1) is 0 Å². The highest BCUT2D eigenvalue weighted by molar-refractivity contribution is 5.79. The average molecular weight is 486 g/mol. The SMILES string of the molecule is CCN(Cc1ccccc1-c1cc(CC(=O)O)ccc1C(F)(F)F)C(=O)COCc1ccccc1. The fraction of sp³-hybridized carbons (Fsp3) is 0.259. The number of halogens is 3. The normalized spacial score (nSPS) is 11.3. The Bertz CT molecular complexity index is 1160. The number of carboxylic acid groups (broad SMARTS) is 1. The molecule has 0 atom stereocenters. The molecule has 0 radical (unpaired) electrons. The highest BCUT2D eigenvalue weighted by Crippen LogP contribution is 2.39. The smallest absolute Gasteiger partial charge is 0.417 e. The summed E-state index contributed by atoms with van der Waals surface area (Å²) in [7, 11) is 0. The first-order valence-electron chi connectivity index (χ1n) is 11.1. The van der Waals surface area contributed by atoms with Crippen LogP contribution in [0.3, 0.4) is 0 Å². The van der Waals surface area contributed by atoms with Crippen LogP contribution in [0.2, 0.25) is 0 Å². The molecule has 0 saturated carbocycles. The number of carbonyl (C=O) groups excluding carboxylic acids is 1. The summed E-state index contributed by atoms with van der Waals surface area (Å²) in [5, 5.41) is 9.09. The third kappa shape index (κ3) is 7.16. The Balaban J connectivity index is 1.85. The molecule has 0 saturated heterocycles. The lowest BCUT2D eigenvalue weighted by Gasteiger charge is -2.24. The maximum atomic E-state index is 13.8. The molecular weight excluding hydrogens is 459 g/mol. The molecule has 0 bridgehead atoms. The van der Waals surface area contributed by atoms with Gasteiger partial charge in [0.1, 0.15) is 6.61 Å². The van der Waals surface area contributed by atoms with Gasteiger partial charge < -0.3 is 14.7 Å². The number of alkyl halides is 3. The van der Waals surface area contributed by atoms with Crippen LogP contribution in [-0.4, -0.2) is 35.0 Å². The molecule has 0 aliphatic heterocycles. The summed E-state index contributed by atoms with van der Waals surface area (Å²) in [4.78, 5) is 25.4. The topological polar surface area (TPSA) is 66.8 Å². The summed E-state index contributed by atoms with van der Waals surface area (Å²) in [6.07, 6.45) is -5.03. The van der Waals surface area contributed by atoms with E-state index in [0.717, 1.165) is 11.6 Å². The lowest BCUT2D eigenvalue weighted by Crippen LogP contribution is -2.33. The minimum Gasteiger partial charge on any atom is -0.481 e. The van der Waals surface area contributed by atoms with E-state index in [1.165, 1.54) is 17.0 Å². The minimum atomic E-state index is -4.63. The van der Waals surface area contributed by atoms with Crippen LogP contribution in [0.25, 0.3) is 11.1 Å². The molecule has 5 nitrogen and oxygen atoms in total. The molecule has 0 spiro atoms. The van der Waals surface area contributed by atoms with E-state index in [-0.39, 0.29) is 36.8 Å². The first-order valence-corrected chi connectivity index (χ1v) is 11.1. The lowest BCUT2D eigenvalue weighted by atomic mass is 9.92. The molecular formula is C27H26F3NO4. The molecule has 0 aromatic heterocycles. The quantitative estimate of drug-likeness (QED) is 0.408. The van der Waals surface area contributed by atoms with Crippen LogP contribution in [0.5, 0.6) is 0 Å². The second-order valence-electron chi connectivity index (χ2n) is 7.99. The van der Waals surface area contributed by atoms with Crippen molar-refractivity contribution in [3.05, 3.63) is 95.1 Å². The van der Waals surface area contributed by atoms with E-state index in [9.17, 15) is 22.8 Å². The number of hydrogen-bond donors (Lipinski definition) is 1. The van der Waals surface area contributed by atoms with E-state index in [2.05, 4.69) is 0 Å². The van der Waals surface area contributed by atoms with Gasteiger partial charge in [-0.2, -0.15) is 13.2 Å². The van der Waals surface area contributed by atoms with Gasteiger partial charge in [0.25, 0.3) is 0 Å². The summed E-state index contributed by atoms with van der Waals surface area (Å²) < 4.78 is 46.9. The number of hydrogen-bond acceptors (Lipinski definition) is 3. The molecule has 0 fully saturated rings. The highest BCUT2D eigenvalue weighted by atomic mass is 19.4. The van der Waals surface area contributed by atoms with Gasteiger partial charge in [-0.3, -0.25) is 9.59 Å². The maximum Gasteiger partial charge on any atom is 0.417 e. The number of ether oxygens (including phenoxy) is 1. The highest BCUT2D eigenvalue weighted by Gasteiger charge is 2.34. The van der Waals surface area contributed by atoms with Crippen molar-refractivity contribution in [2.45, 2.75) is 32.7 Å². The Labute approximate surface area is 201 Å². The lowest BCUT2D eigenvalue weighted by molar-refractivity contribution is -0.138. The molecule has 0 aliphatic rings. The average Bonchev–Trinajstić information content (AvgIpc) is 2.82. The van der Waals surface area contributed by atoms with Crippen molar-refractivity contribution < 1.29 is 32.6 Å². The fourth-order valence-corrected chi connectivity index (χ4v) is 3.77. The molecule has 3 aromatic carbocycles. The predicted octanol–water partition coefficient (Wildman–Crippen LogP) is 5.56. The van der Waals surface area contributed by atoms with Crippen LogP contribution in [-0.2, 0) is 40.1 Å². The molecule has 184 valence electrons. The molecule has 0 aliphatic carbocycles. The second-order valence-corrected chi connectivity index (χ2v) is 7.99. The number of amides is 1. The van der Waals surface area contributed by atoms with Crippen molar-refractivity contribution in [2.24, 2.45) is 0 Å². The van der Waals surface area contributed by atoms with Gasteiger partial charge in [-0.1, -0.05) is 60.7 Å². The summed E-state index contributed by atoms with van der Waals surface area (Å²) in [5.74, 6) is -1.42. The van der Waals surface area contributed by atoms with E-state index in [1.807, 2.05) is 30.3 Å². The summed E-state index contributed by atoms with van der Waals surface area (Å²) in [6, 6.07) is 19.3. The van der Waals surface area contributed by atoms with Crippen LogP contribution < -0.4 is 0 Å². The van der Waals surface area contributed by atoms with Gasteiger partial charge in [0.2, 0.25) is 5.91 Å². The molecule has 0 unspecified atom stereocenters. The predicted molar refractivity (Wildman–Crippen MR) is 125 cm³/mol. The number of aliphatic carboxylic acids is 1. The van der Waals surface area contributed by atoms with Crippen LogP contribution in [0.4, 0.5) is 13.2 Å². The molecule has 3 rings (SSSR count). The van der Waals surface area contributed by atoms with E-state index in [1.54, 1.807) is 31.2 Å². The van der Waals surface area contributed by atoms with E-state index < -0.39 is 24.1 Å². The van der Waals surface area contributed by atoms with Gasteiger partial charge in [0, 0.05) is 13.1 Å². The van der Waals surface area contributed by atoms with Crippen molar-refractivity contribution in [1.29, 1.82) is 0 Å². The van der Waals surface area contributed by atoms with Gasteiger partial charge in [0.05, 0.1) is 18.6 Å². The Morgan fingerprint density at radius 1 is 0.914 bits per heavy atom. The Morgan fingerprint density at radius 2 is 1.60 bits per heavy atom. The molecule has 35 heavy (non-hydrogen) atoms. The van der Waals surface area contributed by atoms with Crippen LogP contribution in [0.1, 0.15) is 29.2 Å². The second kappa shape index (κ2) is 11.7. The standard InChI is InChI=1S/C27H26F3NO4/c1-2-31(25(32)18-35-17-19-8-4-3-5-9-19)16-21-10-6-7-11-22(21)23-14-20(15-26(33)34)12-13-24(23)27(28,29)30/h3-14H,2,15-18H2,1H3,(H,33,34). The zero-order valence-electron chi connectivity index (χ0n) is 19.2. The van der Waals surface area contributed by atoms with Gasteiger partial charge in [0.15, 0.2) is 0 Å². The number of carboxylic acids is 1. The number of likely N-dealkylation sites (N-methyl/N-ethyl adjacent to an activating group) is 1. The minimum absolute atomic E-state index is 0.0840. The van der Waals surface area contributed by atoms with Crippen molar-refractivity contribution in [3.63, 3.8) is 0 Å². The number of rotatable bonds is 10. The van der Waals surface area contributed by atoms with Crippen molar-refractivity contribution >= 4 is 11.9 Å². The summed E-state index contributed by atoms with van der Waals surface area (Å²) in [5.41, 5.74) is 1.02. The number of carbonyl (C=O) groups is 2. The molecule has 1 amide bonds. The third-order valence-corrected chi connectivity index (χ3v) is 5.48. The molecule has 8 heteroatoms. The number of nitrogens with zero attached hydrogens (tertiary/aromatic N) is 1. The molecule has 3 aromatic rings. The fourth-order valence-electron chi connectivity index (χ4n) is 3.77. The Hall–Kier alpha value is -3.65. The Morgan fingerprint density at radius 3 is 2.26 bits per heavy atom. The largest absolute Gasteiger partial charge is 0.481 e. The van der Waals surface area contributed by atoms with Crippen LogP contribution in [0.15, 0.2) is 72.8 Å². The Kier molecular flexibility index (Phi) is 8.65. The van der Waals surface area contributed by atoms with E-state index in [0.29, 0.717) is 17.7 Å². The van der Waals surface area contributed by atoms with Crippen molar-refractivity contribution in [3.8, 4) is 11.1 Å². The van der Waals surface area contributed by atoms with Gasteiger partial charge in [-0.25, -0.2) is 0 Å². The molecule has 0 heterocycles. The first-order chi connectivity index (χ1) is 16.7. The zero-order valence-corrected chi connectivity index (χ0v) is 19.2. The first kappa shape index (κ1) is 26.0. The molecule has 1 N–H and O–H groups in total. The van der Waals surface area contributed by atoms with Crippen molar-refractivity contribution in [2.75, 3.05) is 13.2 Å². The third-order valence-electron chi connectivity index (χ3n) is 5.48. The van der Waals surface area contributed by atoms with Crippen molar-refractivity contribution in [1.82, 2.24) is 4.90 Å². The summed E-state index contributed by atoms with van der Waals surface area (Å²) in [6.45, 7) is 2.32. The van der Waals surface area contributed by atoms with Gasteiger partial charge in [-0.05, 0) is 46.9 Å². The van der Waals surface area contributed by atoms with Crippen LogP contribution >= 0.6 is 0 Å².